The average molecular weight is 309 g/mol. The maximum absolute atomic E-state index is 13.4. The van der Waals surface area contributed by atoms with E-state index >= 15 is 0 Å². The second kappa shape index (κ2) is 6.10. The van der Waals surface area contributed by atoms with E-state index in [2.05, 4.69) is 26.6 Å². The normalized spacial score (nSPS) is 10.0. The molecule has 0 saturated heterocycles. The fourth-order valence-electron chi connectivity index (χ4n) is 1.02. The molecule has 0 bridgehead atoms. The summed E-state index contributed by atoms with van der Waals surface area (Å²) in [6, 6.07) is 2.11. The molecule has 1 aromatic rings. The Balaban J connectivity index is 2.73. The van der Waals surface area contributed by atoms with Gasteiger partial charge in [-0.3, -0.25) is 0 Å². The first-order valence-electron chi connectivity index (χ1n) is 4.74. The summed E-state index contributed by atoms with van der Waals surface area (Å²) in [4.78, 5) is 0. The standard InChI is InChI=1S/C10H11BrF2N2S/c1-2-3-14-10(16)15-9-5-7(12)6(11)4-8(9)13/h4-5H,2-3H2,1H3,(H2,14,15,16). The summed E-state index contributed by atoms with van der Waals surface area (Å²) in [6.07, 6.45) is 0.902. The third-order valence-electron chi connectivity index (χ3n) is 1.79. The van der Waals surface area contributed by atoms with Gasteiger partial charge < -0.3 is 10.6 Å². The van der Waals surface area contributed by atoms with Gasteiger partial charge in [-0.1, -0.05) is 6.92 Å². The van der Waals surface area contributed by atoms with Gasteiger partial charge in [-0.2, -0.15) is 0 Å². The first-order chi connectivity index (χ1) is 7.54. The van der Waals surface area contributed by atoms with Crippen molar-refractivity contribution in [3.63, 3.8) is 0 Å². The zero-order valence-corrected chi connectivity index (χ0v) is 11.0. The van der Waals surface area contributed by atoms with Crippen LogP contribution in [0.15, 0.2) is 16.6 Å². The Morgan fingerprint density at radius 2 is 2.06 bits per heavy atom. The van der Waals surface area contributed by atoms with Crippen molar-refractivity contribution in [2.24, 2.45) is 0 Å². The van der Waals surface area contributed by atoms with Crippen LogP contribution in [0, 0.1) is 11.6 Å². The molecule has 0 aromatic heterocycles. The summed E-state index contributed by atoms with van der Waals surface area (Å²) in [5.74, 6) is -1.10. The zero-order valence-electron chi connectivity index (χ0n) is 8.61. The monoisotopic (exact) mass is 308 g/mol. The quantitative estimate of drug-likeness (QED) is 0.661. The molecule has 0 unspecified atom stereocenters. The van der Waals surface area contributed by atoms with Crippen LogP contribution in [-0.2, 0) is 0 Å². The van der Waals surface area contributed by atoms with Gasteiger partial charge in [0.2, 0.25) is 0 Å². The Morgan fingerprint density at radius 3 is 2.69 bits per heavy atom. The Hall–Kier alpha value is -0.750. The van der Waals surface area contributed by atoms with Gasteiger partial charge in [0.25, 0.3) is 0 Å². The lowest BCUT2D eigenvalue weighted by molar-refractivity contribution is 0.598. The lowest BCUT2D eigenvalue weighted by Crippen LogP contribution is -2.29. The lowest BCUT2D eigenvalue weighted by Gasteiger charge is -2.10. The second-order valence-electron chi connectivity index (χ2n) is 3.13. The van der Waals surface area contributed by atoms with Crippen LogP contribution in [-0.4, -0.2) is 11.7 Å². The van der Waals surface area contributed by atoms with Crippen LogP contribution < -0.4 is 10.6 Å². The van der Waals surface area contributed by atoms with Crippen LogP contribution in [0.1, 0.15) is 13.3 Å². The molecule has 88 valence electrons. The summed E-state index contributed by atoms with van der Waals surface area (Å²) in [6.45, 7) is 2.67. The molecule has 2 nitrogen and oxygen atoms in total. The molecule has 0 heterocycles. The van der Waals surface area contributed by atoms with Crippen LogP contribution in [0.2, 0.25) is 0 Å². The topological polar surface area (TPSA) is 24.1 Å². The van der Waals surface area contributed by atoms with Crippen LogP contribution in [0.4, 0.5) is 14.5 Å². The first kappa shape index (κ1) is 13.3. The van der Waals surface area contributed by atoms with Crippen molar-refractivity contribution in [3.8, 4) is 0 Å². The molecule has 0 aliphatic carbocycles. The van der Waals surface area contributed by atoms with Crippen LogP contribution >= 0.6 is 28.1 Å². The minimum atomic E-state index is -0.561. The smallest absolute Gasteiger partial charge is 0.170 e. The summed E-state index contributed by atoms with van der Waals surface area (Å²) >= 11 is 7.81. The fourth-order valence-corrected chi connectivity index (χ4v) is 1.55. The molecule has 0 saturated carbocycles. The van der Waals surface area contributed by atoms with Crippen molar-refractivity contribution in [1.29, 1.82) is 0 Å². The molecule has 0 radical (unpaired) electrons. The van der Waals surface area contributed by atoms with Gasteiger partial charge in [-0.25, -0.2) is 8.78 Å². The third-order valence-corrected chi connectivity index (χ3v) is 2.65. The van der Waals surface area contributed by atoms with Crippen LogP contribution in [0.5, 0.6) is 0 Å². The molecule has 0 amide bonds. The predicted octanol–water partition coefficient (Wildman–Crippen LogP) is 3.42. The molecule has 0 spiro atoms. The molecule has 0 fully saturated rings. The number of benzene rings is 1. The van der Waals surface area contributed by atoms with Crippen molar-refractivity contribution in [1.82, 2.24) is 5.32 Å². The van der Waals surface area contributed by atoms with E-state index in [0.717, 1.165) is 18.6 Å². The molecule has 0 aliphatic heterocycles. The minimum Gasteiger partial charge on any atom is -0.362 e. The van der Waals surface area contributed by atoms with Gasteiger partial charge >= 0.3 is 0 Å². The minimum absolute atomic E-state index is 0.0225. The largest absolute Gasteiger partial charge is 0.362 e. The third kappa shape index (κ3) is 3.68. The Bertz CT molecular complexity index is 399. The fraction of sp³-hybridized carbons (Fsp3) is 0.300. The first-order valence-corrected chi connectivity index (χ1v) is 5.94. The van der Waals surface area contributed by atoms with Gasteiger partial charge in [-0.05, 0) is 40.6 Å². The second-order valence-corrected chi connectivity index (χ2v) is 4.39. The van der Waals surface area contributed by atoms with E-state index in [1.54, 1.807) is 0 Å². The van der Waals surface area contributed by atoms with Crippen molar-refractivity contribution < 1.29 is 8.78 Å². The number of nitrogens with one attached hydrogen (secondary N) is 2. The van der Waals surface area contributed by atoms with Gasteiger partial charge in [0.15, 0.2) is 5.11 Å². The number of hydrogen-bond acceptors (Lipinski definition) is 1. The number of rotatable bonds is 3. The van der Waals surface area contributed by atoms with E-state index in [9.17, 15) is 8.78 Å². The highest BCUT2D eigenvalue weighted by Gasteiger charge is 2.08. The SMILES string of the molecule is CCCNC(=S)Nc1cc(F)c(Br)cc1F. The number of hydrogen-bond donors (Lipinski definition) is 2. The lowest BCUT2D eigenvalue weighted by atomic mass is 10.3. The molecule has 16 heavy (non-hydrogen) atoms. The Morgan fingerprint density at radius 1 is 1.38 bits per heavy atom. The average Bonchev–Trinajstić information content (AvgIpc) is 2.23. The number of halogens is 3. The maximum atomic E-state index is 13.4. The van der Waals surface area contributed by atoms with E-state index in [-0.39, 0.29) is 15.3 Å². The van der Waals surface area contributed by atoms with Gasteiger partial charge in [0.05, 0.1) is 10.2 Å². The van der Waals surface area contributed by atoms with Gasteiger partial charge in [-0.15, -0.1) is 0 Å². The van der Waals surface area contributed by atoms with E-state index in [1.165, 1.54) is 0 Å². The highest BCUT2D eigenvalue weighted by Crippen LogP contribution is 2.23. The number of anilines is 1. The van der Waals surface area contributed by atoms with Gasteiger partial charge in [0, 0.05) is 12.6 Å². The zero-order chi connectivity index (χ0) is 12.1. The van der Waals surface area contributed by atoms with Crippen molar-refractivity contribution in [2.75, 3.05) is 11.9 Å². The van der Waals surface area contributed by atoms with E-state index < -0.39 is 11.6 Å². The Kier molecular flexibility index (Phi) is 5.08. The highest BCUT2D eigenvalue weighted by atomic mass is 79.9. The molecule has 2 N–H and O–H groups in total. The summed E-state index contributed by atoms with van der Waals surface area (Å²) in [5, 5.41) is 5.74. The van der Waals surface area contributed by atoms with Crippen molar-refractivity contribution >= 4 is 38.9 Å². The van der Waals surface area contributed by atoms with Crippen LogP contribution in [0.3, 0.4) is 0 Å². The molecular weight excluding hydrogens is 298 g/mol. The Labute approximate surface area is 107 Å². The molecule has 6 heteroatoms. The van der Waals surface area contributed by atoms with Crippen molar-refractivity contribution in [3.05, 3.63) is 28.2 Å². The maximum Gasteiger partial charge on any atom is 0.170 e. The predicted molar refractivity (Wildman–Crippen MR) is 68.6 cm³/mol. The van der Waals surface area contributed by atoms with Gasteiger partial charge in [0.1, 0.15) is 11.6 Å². The highest BCUT2D eigenvalue weighted by molar-refractivity contribution is 9.10. The van der Waals surface area contributed by atoms with E-state index in [4.69, 9.17) is 12.2 Å². The van der Waals surface area contributed by atoms with E-state index in [1.807, 2.05) is 6.92 Å². The summed E-state index contributed by atoms with van der Waals surface area (Å²) in [7, 11) is 0. The van der Waals surface area contributed by atoms with Crippen LogP contribution in [0.25, 0.3) is 0 Å². The van der Waals surface area contributed by atoms with Crippen molar-refractivity contribution in [2.45, 2.75) is 13.3 Å². The molecule has 0 atom stereocenters. The molecule has 1 aromatic carbocycles. The molecular formula is C10H11BrF2N2S. The van der Waals surface area contributed by atoms with E-state index in [0.29, 0.717) is 6.54 Å². The summed E-state index contributed by atoms with van der Waals surface area (Å²) in [5.41, 5.74) is 0.0225. The molecule has 1 rings (SSSR count). The summed E-state index contributed by atoms with van der Waals surface area (Å²) < 4.78 is 26.6. The number of thiocarbonyl (C=S) groups is 1. The molecule has 0 aliphatic rings.